The molecule has 8 nitrogen and oxygen atoms in total. The van der Waals surface area contributed by atoms with Crippen LogP contribution in [-0.4, -0.2) is 38.4 Å². The number of carbonyl (C=O) groups is 2. The largest absolute Gasteiger partial charge is 0.497 e. The zero-order valence-corrected chi connectivity index (χ0v) is 18.3. The van der Waals surface area contributed by atoms with Crippen molar-refractivity contribution in [3.8, 4) is 23.0 Å². The highest BCUT2D eigenvalue weighted by Crippen LogP contribution is 2.29. The summed E-state index contributed by atoms with van der Waals surface area (Å²) in [5.41, 5.74) is 3.48. The molecule has 0 spiro atoms. The summed E-state index contributed by atoms with van der Waals surface area (Å²) in [5, 5.41) is 3.93. The zero-order valence-electron chi connectivity index (χ0n) is 18.3. The smallest absolute Gasteiger partial charge is 0.343 e. The molecule has 0 bridgehead atoms. The molecule has 8 heteroatoms. The fourth-order valence-corrected chi connectivity index (χ4v) is 2.72. The Labute approximate surface area is 191 Å². The Morgan fingerprint density at radius 1 is 0.909 bits per heavy atom. The summed E-state index contributed by atoms with van der Waals surface area (Å²) < 4.78 is 21.5. The Hall–Kier alpha value is -4.33. The standard InChI is InChI=1S/C25H24N2O6/c1-3-31-23-15-18(9-14-22(23)33-25(29)19-7-5-4-6-8-19)16-26-27-24(28)17-32-21-12-10-20(30-2)11-13-21/h4-16H,3,17H2,1-2H3,(H,27,28)/b26-16-. The molecule has 170 valence electrons. The van der Waals surface area contributed by atoms with E-state index in [9.17, 15) is 9.59 Å². The Bertz CT molecular complexity index is 1100. The number of nitrogens with one attached hydrogen (secondary N) is 1. The molecule has 33 heavy (non-hydrogen) atoms. The number of carbonyl (C=O) groups excluding carboxylic acids is 2. The van der Waals surface area contributed by atoms with Gasteiger partial charge in [0.2, 0.25) is 0 Å². The van der Waals surface area contributed by atoms with E-state index in [2.05, 4.69) is 10.5 Å². The van der Waals surface area contributed by atoms with Crippen LogP contribution >= 0.6 is 0 Å². The van der Waals surface area contributed by atoms with E-state index in [0.29, 0.717) is 40.7 Å². The first-order chi connectivity index (χ1) is 16.1. The third-order valence-electron chi connectivity index (χ3n) is 4.31. The van der Waals surface area contributed by atoms with E-state index in [1.807, 2.05) is 13.0 Å². The number of methoxy groups -OCH3 is 1. The minimum Gasteiger partial charge on any atom is -0.497 e. The number of hydrogen-bond acceptors (Lipinski definition) is 7. The average Bonchev–Trinajstić information content (AvgIpc) is 2.85. The third-order valence-corrected chi connectivity index (χ3v) is 4.31. The highest BCUT2D eigenvalue weighted by Gasteiger charge is 2.13. The van der Waals surface area contributed by atoms with Crippen molar-refractivity contribution < 1.29 is 28.5 Å². The maximum atomic E-state index is 12.3. The summed E-state index contributed by atoms with van der Waals surface area (Å²) in [6.45, 7) is 2.02. The molecule has 1 N–H and O–H groups in total. The fraction of sp³-hybridized carbons (Fsp3) is 0.160. The number of amides is 1. The molecule has 0 aromatic heterocycles. The lowest BCUT2D eigenvalue weighted by atomic mass is 10.2. The Balaban J connectivity index is 1.56. The number of hydrogen-bond donors (Lipinski definition) is 1. The molecule has 0 atom stereocenters. The first-order valence-corrected chi connectivity index (χ1v) is 10.2. The molecule has 0 saturated heterocycles. The van der Waals surface area contributed by atoms with Crippen molar-refractivity contribution in [2.24, 2.45) is 5.10 Å². The maximum Gasteiger partial charge on any atom is 0.343 e. The van der Waals surface area contributed by atoms with Crippen LogP contribution in [0.2, 0.25) is 0 Å². The Morgan fingerprint density at radius 3 is 2.33 bits per heavy atom. The van der Waals surface area contributed by atoms with Gasteiger partial charge in [0, 0.05) is 0 Å². The molecule has 0 radical (unpaired) electrons. The molecule has 3 rings (SSSR count). The van der Waals surface area contributed by atoms with Gasteiger partial charge in [0.1, 0.15) is 11.5 Å². The summed E-state index contributed by atoms with van der Waals surface area (Å²) in [4.78, 5) is 24.3. The van der Waals surface area contributed by atoms with E-state index in [1.165, 1.54) is 6.21 Å². The van der Waals surface area contributed by atoms with Crippen LogP contribution in [0.15, 0.2) is 77.9 Å². The summed E-state index contributed by atoms with van der Waals surface area (Å²) in [6.07, 6.45) is 1.45. The van der Waals surface area contributed by atoms with Crippen molar-refractivity contribution in [1.82, 2.24) is 5.43 Å². The predicted molar refractivity (Wildman–Crippen MR) is 123 cm³/mol. The number of nitrogens with zero attached hydrogens (tertiary/aromatic N) is 1. The minimum atomic E-state index is -0.484. The molecule has 0 aliphatic carbocycles. The van der Waals surface area contributed by atoms with Crippen molar-refractivity contribution in [3.63, 3.8) is 0 Å². The highest BCUT2D eigenvalue weighted by molar-refractivity contribution is 5.91. The van der Waals surface area contributed by atoms with E-state index in [-0.39, 0.29) is 6.61 Å². The SMILES string of the molecule is CCOc1cc(/C=N\NC(=O)COc2ccc(OC)cc2)ccc1OC(=O)c1ccccc1. The molecule has 3 aromatic rings. The Morgan fingerprint density at radius 2 is 1.64 bits per heavy atom. The highest BCUT2D eigenvalue weighted by atomic mass is 16.6. The molecule has 0 heterocycles. The van der Waals surface area contributed by atoms with Crippen LogP contribution in [0.5, 0.6) is 23.0 Å². The molecule has 3 aromatic carbocycles. The van der Waals surface area contributed by atoms with Crippen LogP contribution in [-0.2, 0) is 4.79 Å². The van der Waals surface area contributed by atoms with E-state index in [0.717, 1.165) is 0 Å². The van der Waals surface area contributed by atoms with E-state index < -0.39 is 11.9 Å². The van der Waals surface area contributed by atoms with Crippen molar-refractivity contribution in [3.05, 3.63) is 83.9 Å². The predicted octanol–water partition coefficient (Wildman–Crippen LogP) is 3.84. The van der Waals surface area contributed by atoms with Crippen molar-refractivity contribution in [2.75, 3.05) is 20.3 Å². The lowest BCUT2D eigenvalue weighted by Gasteiger charge is -2.11. The van der Waals surface area contributed by atoms with Gasteiger partial charge in [0.15, 0.2) is 18.1 Å². The average molecular weight is 448 g/mol. The minimum absolute atomic E-state index is 0.192. The second kappa shape index (κ2) is 11.9. The number of esters is 1. The van der Waals surface area contributed by atoms with Gasteiger partial charge in [-0.2, -0.15) is 5.10 Å². The molecular weight excluding hydrogens is 424 g/mol. The normalized spacial score (nSPS) is 10.5. The second-order valence-electron chi connectivity index (χ2n) is 6.65. The van der Waals surface area contributed by atoms with E-state index in [4.69, 9.17) is 18.9 Å². The lowest BCUT2D eigenvalue weighted by molar-refractivity contribution is -0.123. The van der Waals surface area contributed by atoms with Gasteiger partial charge in [-0.15, -0.1) is 0 Å². The topological polar surface area (TPSA) is 95.5 Å². The van der Waals surface area contributed by atoms with E-state index >= 15 is 0 Å². The van der Waals surface area contributed by atoms with Crippen molar-refractivity contribution in [2.45, 2.75) is 6.92 Å². The first-order valence-electron chi connectivity index (χ1n) is 10.2. The molecule has 0 saturated carbocycles. The van der Waals surface area contributed by atoms with E-state index in [1.54, 1.807) is 73.8 Å². The summed E-state index contributed by atoms with van der Waals surface area (Å²) in [6, 6.07) is 20.5. The molecule has 0 aliphatic rings. The zero-order chi connectivity index (χ0) is 23.5. The fourth-order valence-electron chi connectivity index (χ4n) is 2.72. The van der Waals surface area contributed by atoms with Crippen LogP contribution in [0.1, 0.15) is 22.8 Å². The maximum absolute atomic E-state index is 12.3. The van der Waals surface area contributed by atoms with Crippen LogP contribution in [0.3, 0.4) is 0 Å². The molecular formula is C25H24N2O6. The van der Waals surface area contributed by atoms with Gasteiger partial charge in [0.05, 0.1) is 25.5 Å². The van der Waals surface area contributed by atoms with Gasteiger partial charge in [-0.3, -0.25) is 4.79 Å². The van der Waals surface area contributed by atoms with Gasteiger partial charge in [-0.05, 0) is 67.1 Å². The van der Waals surface area contributed by atoms with Gasteiger partial charge < -0.3 is 18.9 Å². The Kier molecular flexibility index (Phi) is 8.41. The van der Waals surface area contributed by atoms with Gasteiger partial charge in [-0.1, -0.05) is 18.2 Å². The van der Waals surface area contributed by atoms with Crippen molar-refractivity contribution in [1.29, 1.82) is 0 Å². The number of rotatable bonds is 10. The monoisotopic (exact) mass is 448 g/mol. The van der Waals surface area contributed by atoms with Crippen LogP contribution in [0.4, 0.5) is 0 Å². The summed E-state index contributed by atoms with van der Waals surface area (Å²) >= 11 is 0. The van der Waals surface area contributed by atoms with Gasteiger partial charge >= 0.3 is 5.97 Å². The molecule has 0 unspecified atom stereocenters. The first kappa shape index (κ1) is 23.3. The second-order valence-corrected chi connectivity index (χ2v) is 6.65. The van der Waals surface area contributed by atoms with Crippen LogP contribution in [0.25, 0.3) is 0 Å². The number of benzene rings is 3. The third kappa shape index (κ3) is 7.10. The lowest BCUT2D eigenvalue weighted by Crippen LogP contribution is -2.24. The summed E-state index contributed by atoms with van der Waals surface area (Å²) in [7, 11) is 1.57. The molecule has 1 amide bonds. The number of ether oxygens (including phenoxy) is 4. The molecule has 0 aliphatic heterocycles. The van der Waals surface area contributed by atoms with Gasteiger partial charge in [-0.25, -0.2) is 10.2 Å². The molecule has 0 fully saturated rings. The quantitative estimate of drug-likeness (QED) is 0.219. The summed E-state index contributed by atoms with van der Waals surface area (Å²) in [5.74, 6) is 1.02. The number of hydrazone groups is 1. The van der Waals surface area contributed by atoms with Crippen LogP contribution < -0.4 is 24.4 Å². The van der Waals surface area contributed by atoms with Crippen molar-refractivity contribution >= 4 is 18.1 Å². The van der Waals surface area contributed by atoms with Gasteiger partial charge in [0.25, 0.3) is 5.91 Å². The van der Waals surface area contributed by atoms with Crippen LogP contribution in [0, 0.1) is 0 Å².